The Morgan fingerprint density at radius 1 is 1.14 bits per heavy atom. The zero-order valence-electron chi connectivity index (χ0n) is 14.8. The summed E-state index contributed by atoms with van der Waals surface area (Å²) in [6.07, 6.45) is 0. The van der Waals surface area contributed by atoms with E-state index in [2.05, 4.69) is 25.8 Å². The molecule has 0 saturated carbocycles. The van der Waals surface area contributed by atoms with Crippen LogP contribution in [0.4, 0.5) is 14.6 Å². The van der Waals surface area contributed by atoms with Gasteiger partial charge in [0.25, 0.3) is 5.91 Å². The average molecular weight is 404 g/mol. The van der Waals surface area contributed by atoms with Crippen LogP contribution in [0, 0.1) is 11.6 Å². The number of guanidine groups is 1. The van der Waals surface area contributed by atoms with Gasteiger partial charge in [0.2, 0.25) is 5.96 Å². The van der Waals surface area contributed by atoms with Gasteiger partial charge in [-0.15, -0.1) is 0 Å². The number of hydrogen-bond donors (Lipinski definition) is 3. The molecule has 0 aliphatic carbocycles. The minimum atomic E-state index is -0.692. The molecule has 9 heteroatoms. The van der Waals surface area contributed by atoms with Crippen molar-refractivity contribution in [2.45, 2.75) is 6.92 Å². The van der Waals surface area contributed by atoms with E-state index < -0.39 is 11.6 Å². The third kappa shape index (κ3) is 4.92. The van der Waals surface area contributed by atoms with E-state index >= 15 is 0 Å². The van der Waals surface area contributed by atoms with Gasteiger partial charge in [-0.05, 0) is 43.3 Å². The van der Waals surface area contributed by atoms with Crippen LogP contribution in [-0.4, -0.2) is 28.6 Å². The molecular weight excluding hydrogens is 388 g/mol. The summed E-state index contributed by atoms with van der Waals surface area (Å²) in [6, 6.07) is 11.1. The number of nitrogens with one attached hydrogen (secondary N) is 3. The van der Waals surface area contributed by atoms with Crippen molar-refractivity contribution in [2.24, 2.45) is 4.99 Å². The number of aromatic amines is 1. The molecule has 144 valence electrons. The Morgan fingerprint density at radius 3 is 2.46 bits per heavy atom. The highest BCUT2D eigenvalue weighted by molar-refractivity contribution is 6.30. The number of hydrogen-bond acceptors (Lipinski definition) is 3. The SMILES string of the molecule is CCN=C(NC(=O)c1ccc(Cl)cc1)Nc1cc(-c2cc(F)cc(F)c2)[nH]n1. The largest absolute Gasteiger partial charge is 0.309 e. The number of benzene rings is 2. The van der Waals surface area contributed by atoms with Gasteiger partial charge in [-0.2, -0.15) is 5.10 Å². The molecule has 1 heterocycles. The quantitative estimate of drug-likeness (QED) is 0.450. The molecular formula is C19H16ClF2N5O. The fourth-order valence-electron chi connectivity index (χ4n) is 2.41. The lowest BCUT2D eigenvalue weighted by atomic mass is 10.1. The number of amides is 1. The van der Waals surface area contributed by atoms with Crippen LogP contribution in [0.1, 0.15) is 17.3 Å². The fraction of sp³-hybridized carbons (Fsp3) is 0.105. The topological polar surface area (TPSA) is 82.2 Å². The van der Waals surface area contributed by atoms with Gasteiger partial charge in [0, 0.05) is 34.8 Å². The molecule has 0 spiro atoms. The molecule has 3 N–H and O–H groups in total. The maximum absolute atomic E-state index is 13.4. The highest BCUT2D eigenvalue weighted by Gasteiger charge is 2.12. The second-order valence-electron chi connectivity index (χ2n) is 5.73. The average Bonchev–Trinajstić information content (AvgIpc) is 3.10. The monoisotopic (exact) mass is 403 g/mol. The van der Waals surface area contributed by atoms with Gasteiger partial charge in [0.1, 0.15) is 11.6 Å². The highest BCUT2D eigenvalue weighted by Crippen LogP contribution is 2.22. The number of nitrogens with zero attached hydrogens (tertiary/aromatic N) is 2. The predicted molar refractivity (Wildman–Crippen MR) is 104 cm³/mol. The number of H-pyrrole nitrogens is 1. The van der Waals surface area contributed by atoms with E-state index in [4.69, 9.17) is 11.6 Å². The Balaban J connectivity index is 1.74. The molecule has 1 amide bonds. The van der Waals surface area contributed by atoms with Crippen molar-refractivity contribution in [3.63, 3.8) is 0 Å². The van der Waals surface area contributed by atoms with E-state index in [1.165, 1.54) is 12.1 Å². The maximum atomic E-state index is 13.4. The Labute approximate surface area is 164 Å². The smallest absolute Gasteiger partial charge is 0.257 e. The number of rotatable bonds is 4. The third-order valence-corrected chi connectivity index (χ3v) is 3.90. The van der Waals surface area contributed by atoms with Gasteiger partial charge in [0.05, 0.1) is 5.69 Å². The van der Waals surface area contributed by atoms with Crippen LogP contribution in [0.15, 0.2) is 53.5 Å². The lowest BCUT2D eigenvalue weighted by Gasteiger charge is -2.09. The lowest BCUT2D eigenvalue weighted by Crippen LogP contribution is -2.36. The first-order valence-electron chi connectivity index (χ1n) is 8.35. The maximum Gasteiger partial charge on any atom is 0.257 e. The molecule has 0 unspecified atom stereocenters. The van der Waals surface area contributed by atoms with Gasteiger partial charge in [-0.3, -0.25) is 20.2 Å². The summed E-state index contributed by atoms with van der Waals surface area (Å²) in [7, 11) is 0. The van der Waals surface area contributed by atoms with Crippen molar-refractivity contribution in [2.75, 3.05) is 11.9 Å². The first kappa shape index (κ1) is 19.5. The molecule has 0 radical (unpaired) electrons. The molecule has 0 fully saturated rings. The summed E-state index contributed by atoms with van der Waals surface area (Å²) in [6.45, 7) is 2.22. The zero-order valence-corrected chi connectivity index (χ0v) is 15.5. The number of aromatic nitrogens is 2. The number of aliphatic imine (C=N–C) groups is 1. The van der Waals surface area contributed by atoms with E-state index in [1.807, 2.05) is 6.92 Å². The Bertz CT molecular complexity index is 997. The van der Waals surface area contributed by atoms with Gasteiger partial charge in [-0.1, -0.05) is 11.6 Å². The third-order valence-electron chi connectivity index (χ3n) is 3.65. The van der Waals surface area contributed by atoms with Gasteiger partial charge >= 0.3 is 0 Å². The van der Waals surface area contributed by atoms with Crippen molar-refractivity contribution in [3.8, 4) is 11.3 Å². The van der Waals surface area contributed by atoms with Crippen molar-refractivity contribution < 1.29 is 13.6 Å². The first-order valence-corrected chi connectivity index (χ1v) is 8.72. The standard InChI is InChI=1S/C19H16ClF2N5O/c1-2-23-19(25-18(28)11-3-5-13(20)6-4-11)24-17-10-16(26-27-17)12-7-14(21)9-15(22)8-12/h3-10H,2H2,1H3,(H3,23,24,25,26,27,28). The van der Waals surface area contributed by atoms with E-state index in [0.29, 0.717) is 34.2 Å². The lowest BCUT2D eigenvalue weighted by molar-refractivity contribution is 0.0977. The number of carbonyl (C=O) groups excluding carboxylic acids is 1. The van der Waals surface area contributed by atoms with E-state index in [0.717, 1.165) is 6.07 Å². The molecule has 2 aromatic carbocycles. The molecule has 0 atom stereocenters. The van der Waals surface area contributed by atoms with Crippen LogP contribution in [0.2, 0.25) is 5.02 Å². The van der Waals surface area contributed by atoms with Crippen molar-refractivity contribution >= 4 is 29.3 Å². The molecule has 0 aliphatic rings. The van der Waals surface area contributed by atoms with Crippen LogP contribution in [0.5, 0.6) is 0 Å². The van der Waals surface area contributed by atoms with Gasteiger partial charge in [0.15, 0.2) is 5.82 Å². The molecule has 0 bridgehead atoms. The Hall–Kier alpha value is -3.26. The van der Waals surface area contributed by atoms with Gasteiger partial charge < -0.3 is 5.32 Å². The molecule has 0 saturated heterocycles. The van der Waals surface area contributed by atoms with Crippen LogP contribution in [0.25, 0.3) is 11.3 Å². The van der Waals surface area contributed by atoms with E-state index in [9.17, 15) is 13.6 Å². The summed E-state index contributed by atoms with van der Waals surface area (Å²) >= 11 is 5.83. The number of halogens is 3. The number of anilines is 1. The van der Waals surface area contributed by atoms with Crippen molar-refractivity contribution in [3.05, 3.63) is 70.8 Å². The second-order valence-corrected chi connectivity index (χ2v) is 6.17. The van der Waals surface area contributed by atoms with Crippen LogP contribution in [-0.2, 0) is 0 Å². The summed E-state index contributed by atoms with van der Waals surface area (Å²) in [5.74, 6) is -1.25. The first-order chi connectivity index (χ1) is 13.4. The van der Waals surface area contributed by atoms with Gasteiger partial charge in [-0.25, -0.2) is 8.78 Å². The normalized spacial score (nSPS) is 11.4. The van der Waals surface area contributed by atoms with E-state index in [1.54, 1.807) is 30.3 Å². The van der Waals surface area contributed by atoms with E-state index in [-0.39, 0.29) is 11.9 Å². The number of carbonyl (C=O) groups is 1. The molecule has 6 nitrogen and oxygen atoms in total. The summed E-state index contributed by atoms with van der Waals surface area (Å²) in [5.41, 5.74) is 1.12. The molecule has 28 heavy (non-hydrogen) atoms. The van der Waals surface area contributed by atoms with Crippen molar-refractivity contribution in [1.82, 2.24) is 15.5 Å². The molecule has 3 aromatic rings. The molecule has 0 aliphatic heterocycles. The van der Waals surface area contributed by atoms with Crippen LogP contribution < -0.4 is 10.6 Å². The fourth-order valence-corrected chi connectivity index (χ4v) is 2.54. The molecule has 1 aromatic heterocycles. The molecule has 3 rings (SSSR count). The summed E-state index contributed by atoms with van der Waals surface area (Å²) < 4.78 is 26.8. The highest BCUT2D eigenvalue weighted by atomic mass is 35.5. The summed E-state index contributed by atoms with van der Waals surface area (Å²) in [4.78, 5) is 16.5. The predicted octanol–water partition coefficient (Wildman–Crippen LogP) is 4.23. The Kier molecular flexibility index (Phi) is 6.00. The van der Waals surface area contributed by atoms with Crippen molar-refractivity contribution in [1.29, 1.82) is 0 Å². The Morgan fingerprint density at radius 2 is 1.82 bits per heavy atom. The van der Waals surface area contributed by atoms with Crippen LogP contribution in [0.3, 0.4) is 0 Å². The minimum absolute atomic E-state index is 0.186. The zero-order chi connectivity index (χ0) is 20.1. The minimum Gasteiger partial charge on any atom is -0.309 e. The second kappa shape index (κ2) is 8.62. The summed E-state index contributed by atoms with van der Waals surface area (Å²) in [5, 5.41) is 12.8. The van der Waals surface area contributed by atoms with Crippen LogP contribution >= 0.6 is 11.6 Å².